The number of tetrazole rings is 1. The van der Waals surface area contributed by atoms with E-state index in [1.807, 2.05) is 30.5 Å². The summed E-state index contributed by atoms with van der Waals surface area (Å²) < 4.78 is 8.33. The Kier molecular flexibility index (Phi) is 5.16. The first kappa shape index (κ1) is 18.5. The lowest BCUT2D eigenvalue weighted by atomic mass is 10.1. The number of aromatic nitrogens is 5. The monoisotopic (exact) mass is 367 g/mol. The second kappa shape index (κ2) is 7.53. The summed E-state index contributed by atoms with van der Waals surface area (Å²) in [5, 5.41) is 10.5. The third kappa shape index (κ3) is 3.94. The van der Waals surface area contributed by atoms with Crippen molar-refractivity contribution in [3.05, 3.63) is 58.7 Å². The molecule has 0 N–H and O–H groups in total. The molecule has 0 saturated heterocycles. The maximum Gasteiger partial charge on any atom is 0.328 e. The number of benzene rings is 1. The fraction of sp³-hybridized carbons (Fsp3) is 0.316. The van der Waals surface area contributed by atoms with Crippen LogP contribution in [0.4, 0.5) is 0 Å². The van der Waals surface area contributed by atoms with Crippen molar-refractivity contribution in [3.63, 3.8) is 0 Å². The minimum absolute atomic E-state index is 0.137. The van der Waals surface area contributed by atoms with Crippen molar-refractivity contribution >= 4 is 11.8 Å². The Morgan fingerprint density at radius 1 is 1.07 bits per heavy atom. The molecule has 8 nitrogen and oxygen atoms in total. The second-order valence-corrected chi connectivity index (χ2v) is 6.48. The van der Waals surface area contributed by atoms with Crippen molar-refractivity contribution in [2.45, 2.75) is 34.2 Å². The van der Waals surface area contributed by atoms with Gasteiger partial charge < -0.3 is 9.30 Å². The molecule has 0 unspecified atom stereocenters. The average Bonchev–Trinajstić information content (AvgIpc) is 3.23. The zero-order valence-electron chi connectivity index (χ0n) is 15.8. The smallest absolute Gasteiger partial charge is 0.328 e. The number of ketones is 1. The van der Waals surface area contributed by atoms with E-state index in [0.717, 1.165) is 17.1 Å². The molecule has 3 aromatic rings. The van der Waals surface area contributed by atoms with Crippen LogP contribution in [0.1, 0.15) is 32.9 Å². The number of ether oxygens (including phenoxy) is 1. The number of hydrogen-bond donors (Lipinski definition) is 0. The first-order valence-corrected chi connectivity index (χ1v) is 8.53. The van der Waals surface area contributed by atoms with Gasteiger partial charge in [0.1, 0.15) is 12.9 Å². The zero-order chi connectivity index (χ0) is 19.6. The van der Waals surface area contributed by atoms with E-state index < -0.39 is 5.97 Å². The minimum Gasteiger partial charge on any atom is -0.456 e. The summed E-state index contributed by atoms with van der Waals surface area (Å²) in [4.78, 5) is 24.4. The molecule has 2 aromatic heterocycles. The van der Waals surface area contributed by atoms with Gasteiger partial charge in [0, 0.05) is 22.6 Å². The van der Waals surface area contributed by atoms with Crippen molar-refractivity contribution in [1.29, 1.82) is 0 Å². The lowest BCUT2D eigenvalue weighted by molar-refractivity contribution is -0.143. The van der Waals surface area contributed by atoms with Crippen LogP contribution >= 0.6 is 0 Å². The van der Waals surface area contributed by atoms with E-state index in [2.05, 4.69) is 41.5 Å². The second-order valence-electron chi connectivity index (χ2n) is 6.48. The average molecular weight is 367 g/mol. The van der Waals surface area contributed by atoms with E-state index >= 15 is 0 Å². The molecule has 0 aliphatic rings. The molecule has 0 fully saturated rings. The van der Waals surface area contributed by atoms with Crippen LogP contribution in [0.15, 0.2) is 30.6 Å². The Bertz CT molecular complexity index is 989. The molecule has 0 radical (unpaired) electrons. The highest BCUT2D eigenvalue weighted by Crippen LogP contribution is 2.23. The van der Waals surface area contributed by atoms with E-state index in [1.165, 1.54) is 22.1 Å². The molecule has 1 aromatic carbocycles. The van der Waals surface area contributed by atoms with Gasteiger partial charge in [0.15, 0.2) is 6.61 Å². The molecule has 0 atom stereocenters. The molecule has 8 heteroatoms. The summed E-state index contributed by atoms with van der Waals surface area (Å²) in [6.07, 6.45) is 1.31. The molecule has 0 aliphatic heterocycles. The van der Waals surface area contributed by atoms with Crippen molar-refractivity contribution < 1.29 is 14.3 Å². The number of esters is 1. The van der Waals surface area contributed by atoms with Crippen LogP contribution in [0.25, 0.3) is 5.69 Å². The van der Waals surface area contributed by atoms with Gasteiger partial charge in [-0.05, 0) is 67.4 Å². The summed E-state index contributed by atoms with van der Waals surface area (Å²) in [6.45, 7) is 7.50. The molecule has 27 heavy (non-hydrogen) atoms. The number of hydrogen-bond acceptors (Lipinski definition) is 6. The molecule has 0 spiro atoms. The topological polar surface area (TPSA) is 91.9 Å². The number of aryl methyl sites for hydroxylation is 3. The Hall–Kier alpha value is -3.29. The van der Waals surface area contributed by atoms with Crippen molar-refractivity contribution in [3.8, 4) is 5.69 Å². The molecular weight excluding hydrogens is 346 g/mol. The Labute approximate surface area is 156 Å². The molecule has 0 amide bonds. The molecule has 3 rings (SSSR count). The van der Waals surface area contributed by atoms with E-state index in [9.17, 15) is 9.59 Å². The molecule has 0 aliphatic carbocycles. The SMILES string of the molecule is Cc1ccc(-n2c(C)cc(C(=O)COC(=O)Cn3cnnn3)c2C)cc1C. The summed E-state index contributed by atoms with van der Waals surface area (Å²) >= 11 is 0. The maximum atomic E-state index is 12.6. The Morgan fingerprint density at radius 2 is 1.85 bits per heavy atom. The number of rotatable bonds is 6. The number of carbonyl (C=O) groups excluding carboxylic acids is 2. The van der Waals surface area contributed by atoms with Crippen molar-refractivity contribution in [1.82, 2.24) is 24.8 Å². The molecule has 140 valence electrons. The van der Waals surface area contributed by atoms with Gasteiger partial charge in [-0.25, -0.2) is 4.68 Å². The fourth-order valence-corrected chi connectivity index (χ4v) is 2.96. The normalized spacial score (nSPS) is 10.8. The molecular formula is C19H21N5O3. The maximum absolute atomic E-state index is 12.6. The van der Waals surface area contributed by atoms with Crippen LogP contribution < -0.4 is 0 Å². The third-order valence-corrected chi connectivity index (χ3v) is 4.53. The lowest BCUT2D eigenvalue weighted by Crippen LogP contribution is -2.19. The van der Waals surface area contributed by atoms with Crippen LogP contribution in [0, 0.1) is 27.7 Å². The molecule has 0 bridgehead atoms. The van der Waals surface area contributed by atoms with Crippen molar-refractivity contribution in [2.75, 3.05) is 6.61 Å². The van der Waals surface area contributed by atoms with E-state index in [0.29, 0.717) is 5.56 Å². The highest BCUT2D eigenvalue weighted by atomic mass is 16.5. The number of carbonyl (C=O) groups is 2. The fourth-order valence-electron chi connectivity index (χ4n) is 2.96. The Morgan fingerprint density at radius 3 is 2.52 bits per heavy atom. The number of nitrogens with zero attached hydrogens (tertiary/aromatic N) is 5. The summed E-state index contributed by atoms with van der Waals surface area (Å²) in [7, 11) is 0. The highest BCUT2D eigenvalue weighted by molar-refractivity contribution is 5.99. The van der Waals surface area contributed by atoms with E-state index in [4.69, 9.17) is 4.74 Å². The van der Waals surface area contributed by atoms with Crippen LogP contribution in [-0.4, -0.2) is 43.1 Å². The van der Waals surface area contributed by atoms with Gasteiger partial charge in [-0.1, -0.05) is 6.07 Å². The van der Waals surface area contributed by atoms with Gasteiger partial charge in [-0.2, -0.15) is 0 Å². The summed E-state index contributed by atoms with van der Waals surface area (Å²) in [5.74, 6) is -0.818. The quantitative estimate of drug-likeness (QED) is 0.489. The van der Waals surface area contributed by atoms with Gasteiger partial charge in [-0.3, -0.25) is 9.59 Å². The summed E-state index contributed by atoms with van der Waals surface area (Å²) in [6, 6.07) is 8.01. The van der Waals surface area contributed by atoms with Gasteiger partial charge in [0.05, 0.1) is 0 Å². The minimum atomic E-state index is -0.571. The Balaban J connectivity index is 1.74. The van der Waals surface area contributed by atoms with Crippen LogP contribution in [0.5, 0.6) is 0 Å². The predicted octanol–water partition coefficient (Wildman–Crippen LogP) is 2.12. The predicted molar refractivity (Wildman–Crippen MR) is 97.8 cm³/mol. The van der Waals surface area contributed by atoms with E-state index in [-0.39, 0.29) is 18.9 Å². The number of Topliss-reactive ketones (excluding diaryl/α,β-unsaturated/α-hetero) is 1. The standard InChI is InChI=1S/C19H21N5O3/c1-12-5-6-16(7-13(12)2)24-14(3)8-17(15(24)4)18(25)10-27-19(26)9-23-11-20-21-22-23/h5-8,11H,9-10H2,1-4H3. The molecule has 0 saturated carbocycles. The largest absolute Gasteiger partial charge is 0.456 e. The zero-order valence-corrected chi connectivity index (χ0v) is 15.8. The first-order valence-electron chi connectivity index (χ1n) is 8.53. The summed E-state index contributed by atoms with van der Waals surface area (Å²) in [5.41, 5.74) is 5.71. The highest BCUT2D eigenvalue weighted by Gasteiger charge is 2.18. The first-order chi connectivity index (χ1) is 12.9. The lowest BCUT2D eigenvalue weighted by Gasteiger charge is -2.12. The van der Waals surface area contributed by atoms with Gasteiger partial charge in [0.2, 0.25) is 5.78 Å². The van der Waals surface area contributed by atoms with Gasteiger partial charge >= 0.3 is 5.97 Å². The molecule has 2 heterocycles. The van der Waals surface area contributed by atoms with Gasteiger partial charge in [-0.15, -0.1) is 5.10 Å². The van der Waals surface area contributed by atoms with Crippen molar-refractivity contribution in [2.24, 2.45) is 0 Å². The third-order valence-electron chi connectivity index (χ3n) is 4.53. The van der Waals surface area contributed by atoms with Crippen LogP contribution in [-0.2, 0) is 16.1 Å². The van der Waals surface area contributed by atoms with E-state index in [1.54, 1.807) is 0 Å². The van der Waals surface area contributed by atoms with Crippen LogP contribution in [0.2, 0.25) is 0 Å². The van der Waals surface area contributed by atoms with Gasteiger partial charge in [0.25, 0.3) is 0 Å². The van der Waals surface area contributed by atoms with Crippen LogP contribution in [0.3, 0.4) is 0 Å².